The first kappa shape index (κ1) is 26.0. The molecule has 1 N–H and O–H groups in total. The number of rotatable bonds is 9. The molecule has 0 saturated carbocycles. The lowest BCUT2D eigenvalue weighted by Crippen LogP contribution is -2.54. The Balaban J connectivity index is 2.11. The minimum absolute atomic E-state index is 0.0177. The van der Waals surface area contributed by atoms with Crippen LogP contribution in [0, 0.1) is 19.8 Å². The molecule has 0 aromatic carbocycles. The van der Waals surface area contributed by atoms with Gasteiger partial charge >= 0.3 is 22.9 Å². The second kappa shape index (κ2) is 10.6. The number of amides is 1. The van der Waals surface area contributed by atoms with E-state index in [4.69, 9.17) is 27.1 Å². The van der Waals surface area contributed by atoms with Crippen LogP contribution in [0.25, 0.3) is 0 Å². The van der Waals surface area contributed by atoms with Gasteiger partial charge in [-0.2, -0.15) is 0 Å². The molecular weight excluding hydrogens is 462 g/mol. The van der Waals surface area contributed by atoms with Gasteiger partial charge in [0.1, 0.15) is 6.04 Å². The maximum atomic E-state index is 12.8. The van der Waals surface area contributed by atoms with E-state index in [-0.39, 0.29) is 29.6 Å². The smallest absolute Gasteiger partial charge is 0.456 e. The lowest BCUT2D eigenvalue weighted by molar-refractivity contribution is -0.150. The second-order valence-electron chi connectivity index (χ2n) is 7.82. The molecule has 2 rings (SSSR count). The highest BCUT2D eigenvalue weighted by molar-refractivity contribution is 8.14. The molecule has 1 amide bonds. The van der Waals surface area contributed by atoms with Crippen molar-refractivity contribution in [2.24, 2.45) is 5.92 Å². The highest BCUT2D eigenvalue weighted by Gasteiger charge is 2.41. The van der Waals surface area contributed by atoms with Crippen LogP contribution in [-0.4, -0.2) is 28.0 Å². The van der Waals surface area contributed by atoms with Crippen molar-refractivity contribution in [3.8, 4) is 0 Å². The molecular formula is C20H25NO11S. The molecule has 2 aromatic heterocycles. The number of hydrogen-bond acceptors (Lipinski definition) is 12. The summed E-state index contributed by atoms with van der Waals surface area (Å²) >= 11 is 0.634. The number of carbonyl (C=O) groups excluding carboxylic acids is 3. The van der Waals surface area contributed by atoms with Crippen LogP contribution in [0.3, 0.4) is 0 Å². The van der Waals surface area contributed by atoms with Crippen molar-refractivity contribution in [1.29, 1.82) is 0 Å². The van der Waals surface area contributed by atoms with Gasteiger partial charge in [0.25, 0.3) is 0 Å². The maximum absolute atomic E-state index is 12.8. The Bertz CT molecular complexity index is 1120. The predicted molar refractivity (Wildman–Crippen MR) is 112 cm³/mol. The molecule has 182 valence electrons. The van der Waals surface area contributed by atoms with E-state index < -0.39 is 52.1 Å². The molecule has 0 aliphatic carbocycles. The van der Waals surface area contributed by atoms with Gasteiger partial charge in [0.15, 0.2) is 36.3 Å². The largest absolute Gasteiger partial charge is 0.519 e. The zero-order valence-electron chi connectivity index (χ0n) is 19.0. The van der Waals surface area contributed by atoms with Crippen molar-refractivity contribution in [1.82, 2.24) is 5.32 Å². The summed E-state index contributed by atoms with van der Waals surface area (Å²) in [7, 11) is 0. The molecule has 0 unspecified atom stereocenters. The van der Waals surface area contributed by atoms with Crippen LogP contribution in [0.4, 0.5) is 4.79 Å². The molecule has 0 fully saturated rings. The van der Waals surface area contributed by atoms with Gasteiger partial charge in [-0.05, 0) is 39.5 Å². The van der Waals surface area contributed by atoms with Crippen molar-refractivity contribution in [2.75, 3.05) is 0 Å². The van der Waals surface area contributed by atoms with Crippen molar-refractivity contribution in [3.63, 3.8) is 0 Å². The molecule has 0 bridgehead atoms. The molecule has 2 aromatic rings. The van der Waals surface area contributed by atoms with E-state index in [0.717, 1.165) is 0 Å². The van der Waals surface area contributed by atoms with Crippen molar-refractivity contribution in [3.05, 3.63) is 44.3 Å². The van der Waals surface area contributed by atoms with E-state index in [1.807, 2.05) is 0 Å². The molecule has 1 atom stereocenters. The Kier molecular flexibility index (Phi) is 8.36. The Morgan fingerprint density at radius 2 is 1.39 bits per heavy atom. The SMILES string of the molecule is Cc1oc(=O)oc1COC(=O)SC(C)(C)[C@@H](NC(=O)C(C)C)C(=O)OCc1oc(=O)oc1C. The summed E-state index contributed by atoms with van der Waals surface area (Å²) in [6.07, 6.45) is 0. The zero-order chi connectivity index (χ0) is 24.9. The van der Waals surface area contributed by atoms with E-state index in [1.54, 1.807) is 13.8 Å². The van der Waals surface area contributed by atoms with E-state index in [2.05, 4.69) is 5.32 Å². The zero-order valence-corrected chi connectivity index (χ0v) is 19.8. The van der Waals surface area contributed by atoms with E-state index in [1.165, 1.54) is 27.7 Å². The lowest BCUT2D eigenvalue weighted by atomic mass is 10.0. The first-order valence-corrected chi connectivity index (χ1v) is 10.6. The van der Waals surface area contributed by atoms with E-state index in [9.17, 15) is 24.0 Å². The van der Waals surface area contributed by atoms with Gasteiger partial charge in [0.2, 0.25) is 5.91 Å². The van der Waals surface area contributed by atoms with Crippen LogP contribution in [-0.2, 0) is 32.3 Å². The van der Waals surface area contributed by atoms with Crippen molar-refractivity contribution < 1.29 is 41.5 Å². The van der Waals surface area contributed by atoms with Gasteiger partial charge in [0, 0.05) is 5.92 Å². The fourth-order valence-corrected chi connectivity index (χ4v) is 3.31. The monoisotopic (exact) mass is 487 g/mol. The third-order valence-electron chi connectivity index (χ3n) is 4.43. The van der Waals surface area contributed by atoms with Gasteiger partial charge in [-0.25, -0.2) is 19.2 Å². The molecule has 0 spiro atoms. The number of aryl methyl sites for hydroxylation is 2. The highest BCUT2D eigenvalue weighted by atomic mass is 32.2. The summed E-state index contributed by atoms with van der Waals surface area (Å²) < 4.78 is 28.0. The summed E-state index contributed by atoms with van der Waals surface area (Å²) in [5.41, 5.74) is 0. The Morgan fingerprint density at radius 3 is 1.82 bits per heavy atom. The highest BCUT2D eigenvalue weighted by Crippen LogP contribution is 2.31. The van der Waals surface area contributed by atoms with Crippen LogP contribution in [0.1, 0.15) is 50.7 Å². The third-order valence-corrected chi connectivity index (χ3v) is 5.47. The number of carbonyl (C=O) groups is 3. The van der Waals surface area contributed by atoms with Gasteiger partial charge in [-0.3, -0.25) is 4.79 Å². The Labute approximate surface area is 192 Å². The first-order chi connectivity index (χ1) is 15.3. The summed E-state index contributed by atoms with van der Waals surface area (Å²) in [4.78, 5) is 59.8. The molecule has 0 saturated heterocycles. The number of thioether (sulfide) groups is 1. The van der Waals surface area contributed by atoms with Crippen LogP contribution in [0.2, 0.25) is 0 Å². The third kappa shape index (κ3) is 7.14. The molecule has 0 aliphatic heterocycles. The van der Waals surface area contributed by atoms with Crippen LogP contribution in [0.5, 0.6) is 0 Å². The van der Waals surface area contributed by atoms with Gasteiger partial charge in [-0.15, -0.1) is 0 Å². The summed E-state index contributed by atoms with van der Waals surface area (Å²) in [5, 5.41) is 1.78. The van der Waals surface area contributed by atoms with Crippen LogP contribution >= 0.6 is 11.8 Å². The van der Waals surface area contributed by atoms with E-state index in [0.29, 0.717) is 11.8 Å². The number of esters is 1. The topological polar surface area (TPSA) is 168 Å². The second-order valence-corrected chi connectivity index (χ2v) is 9.40. The van der Waals surface area contributed by atoms with Gasteiger partial charge in [0.05, 0.1) is 4.75 Å². The molecule has 2 heterocycles. The Morgan fingerprint density at radius 1 is 0.909 bits per heavy atom. The molecule has 12 nitrogen and oxygen atoms in total. The summed E-state index contributed by atoms with van der Waals surface area (Å²) in [6, 6.07) is -1.27. The molecule has 0 aliphatic rings. The average Bonchev–Trinajstić information content (AvgIpc) is 3.20. The Hall–Kier alpha value is -3.22. The minimum Gasteiger partial charge on any atom is -0.456 e. The summed E-state index contributed by atoms with van der Waals surface area (Å²) in [5.74, 6) is -3.24. The van der Waals surface area contributed by atoms with E-state index >= 15 is 0 Å². The van der Waals surface area contributed by atoms with Crippen molar-refractivity contribution >= 4 is 28.9 Å². The summed E-state index contributed by atoms with van der Waals surface area (Å²) in [6.45, 7) is 8.53. The number of hydrogen-bond donors (Lipinski definition) is 1. The fourth-order valence-electron chi connectivity index (χ4n) is 2.49. The predicted octanol–water partition coefficient (Wildman–Crippen LogP) is 2.43. The van der Waals surface area contributed by atoms with Crippen LogP contribution < -0.4 is 17.0 Å². The maximum Gasteiger partial charge on any atom is 0.519 e. The van der Waals surface area contributed by atoms with Gasteiger partial charge in [-0.1, -0.05) is 13.8 Å². The molecule has 33 heavy (non-hydrogen) atoms. The minimum atomic E-state index is -1.27. The average molecular weight is 487 g/mol. The quantitative estimate of drug-likeness (QED) is 0.513. The van der Waals surface area contributed by atoms with Crippen molar-refractivity contribution in [2.45, 2.75) is 65.5 Å². The number of ether oxygens (including phenoxy) is 2. The van der Waals surface area contributed by atoms with Crippen LogP contribution in [0.15, 0.2) is 27.3 Å². The molecule has 13 heteroatoms. The fraction of sp³-hybridized carbons (Fsp3) is 0.550. The lowest BCUT2D eigenvalue weighted by Gasteiger charge is -2.31. The standard InChI is InChI=1S/C20H25NO11S/c1-9(2)15(22)21-14(16(23)27-7-12-10(3)29-17(24)31-12)20(5,6)33-19(26)28-8-13-11(4)30-18(25)32-13/h9,14H,7-8H2,1-6H3,(H,21,22)/t14-/m0/s1. The molecule has 0 radical (unpaired) electrons. The first-order valence-electron chi connectivity index (χ1n) is 9.81. The number of nitrogens with one attached hydrogen (secondary N) is 1. The normalized spacial score (nSPS) is 12.5. The van der Waals surface area contributed by atoms with Gasteiger partial charge < -0.3 is 32.5 Å².